The van der Waals surface area contributed by atoms with Crippen molar-refractivity contribution in [1.29, 1.82) is 0 Å². The predicted octanol–water partition coefficient (Wildman–Crippen LogP) is 3.97. The van der Waals surface area contributed by atoms with E-state index >= 15 is 0 Å². The Labute approximate surface area is 216 Å². The van der Waals surface area contributed by atoms with E-state index in [0.717, 1.165) is 5.69 Å². The molecule has 12 nitrogen and oxygen atoms in total. The van der Waals surface area contributed by atoms with Crippen LogP contribution in [0.4, 0.5) is 11.8 Å². The van der Waals surface area contributed by atoms with Gasteiger partial charge in [-0.15, -0.1) is 0 Å². The first kappa shape index (κ1) is 23.6. The van der Waals surface area contributed by atoms with E-state index in [0.29, 0.717) is 58.0 Å². The van der Waals surface area contributed by atoms with E-state index in [1.54, 1.807) is 33.9 Å². The second-order valence-electron chi connectivity index (χ2n) is 9.97. The summed E-state index contributed by atoms with van der Waals surface area (Å²) in [5.41, 5.74) is 2.53. The molecule has 6 heterocycles. The summed E-state index contributed by atoms with van der Waals surface area (Å²) in [5, 5.41) is 23.0. The highest BCUT2D eigenvalue weighted by Gasteiger charge is 2.33. The van der Waals surface area contributed by atoms with E-state index in [1.807, 2.05) is 17.8 Å². The number of nitrogens with zero attached hydrogens (tertiary/aromatic N) is 8. The smallest absolute Gasteiger partial charge is 0.210 e. The third-order valence-corrected chi connectivity index (χ3v) is 6.77. The third kappa shape index (κ3) is 4.06. The van der Waals surface area contributed by atoms with Crippen molar-refractivity contribution in [3.05, 3.63) is 47.8 Å². The topological polar surface area (TPSA) is 129 Å². The summed E-state index contributed by atoms with van der Waals surface area (Å²) < 4.78 is 16.7. The van der Waals surface area contributed by atoms with Crippen molar-refractivity contribution in [2.45, 2.75) is 44.9 Å². The van der Waals surface area contributed by atoms with Gasteiger partial charge in [-0.2, -0.15) is 15.2 Å². The average molecular weight is 524 g/mol. The molecule has 5 aromatic heterocycles. The van der Waals surface area contributed by atoms with E-state index in [4.69, 9.17) is 26.2 Å². The predicted molar refractivity (Wildman–Crippen MR) is 136 cm³/mol. The third-order valence-electron chi connectivity index (χ3n) is 6.40. The quantitative estimate of drug-likeness (QED) is 0.351. The lowest BCUT2D eigenvalue weighted by atomic mass is 9.91. The number of nitrogens with one attached hydrogen (secondary N) is 1. The van der Waals surface area contributed by atoms with Crippen LogP contribution in [-0.2, 0) is 17.2 Å². The molecule has 1 aliphatic rings. The number of halogens is 1. The standard InChI is InChI=1S/C24H26ClN9O3/c1-24(2,3)17-9-18(31-34(17)13-5-8-36-22(13)35)29-23-30-21-20(32(23)4)19(25)16(11-27-21)37-15-12-28-33-7-6-26-10-14(15)33/h6-7,9-13,22,35H,5,8H2,1-4H3,(H,27,29,30,31). The van der Waals surface area contributed by atoms with Gasteiger partial charge in [0.05, 0.1) is 25.2 Å². The Morgan fingerprint density at radius 2 is 2.05 bits per heavy atom. The van der Waals surface area contributed by atoms with Crippen molar-refractivity contribution < 1.29 is 14.6 Å². The van der Waals surface area contributed by atoms with Crippen molar-refractivity contribution in [3.8, 4) is 11.5 Å². The minimum absolute atomic E-state index is 0.202. The van der Waals surface area contributed by atoms with Crippen molar-refractivity contribution in [2.75, 3.05) is 11.9 Å². The summed E-state index contributed by atoms with van der Waals surface area (Å²) in [7, 11) is 1.84. The Balaban J connectivity index is 1.34. The first-order valence-corrected chi connectivity index (χ1v) is 12.2. The van der Waals surface area contributed by atoms with Crippen LogP contribution in [0, 0.1) is 0 Å². The summed E-state index contributed by atoms with van der Waals surface area (Å²) in [6.07, 6.45) is 7.97. The molecule has 37 heavy (non-hydrogen) atoms. The van der Waals surface area contributed by atoms with Gasteiger partial charge >= 0.3 is 0 Å². The van der Waals surface area contributed by atoms with Crippen molar-refractivity contribution in [1.82, 2.24) is 38.9 Å². The summed E-state index contributed by atoms with van der Waals surface area (Å²) >= 11 is 6.76. The fourth-order valence-electron chi connectivity index (χ4n) is 4.49. The zero-order chi connectivity index (χ0) is 25.9. The van der Waals surface area contributed by atoms with Gasteiger partial charge in [0.25, 0.3) is 0 Å². The molecule has 6 rings (SSSR count). The average Bonchev–Trinajstić information content (AvgIpc) is 3.63. The Bertz CT molecular complexity index is 1620. The first-order valence-electron chi connectivity index (χ1n) is 11.8. The van der Waals surface area contributed by atoms with Crippen LogP contribution in [0.5, 0.6) is 11.5 Å². The lowest BCUT2D eigenvalue weighted by molar-refractivity contribution is -0.0809. The lowest BCUT2D eigenvalue weighted by Crippen LogP contribution is -2.26. The number of rotatable bonds is 5. The van der Waals surface area contributed by atoms with Crippen molar-refractivity contribution in [3.63, 3.8) is 0 Å². The van der Waals surface area contributed by atoms with Gasteiger partial charge in [-0.3, -0.25) is 9.67 Å². The minimum atomic E-state index is -0.894. The zero-order valence-corrected chi connectivity index (χ0v) is 21.5. The van der Waals surface area contributed by atoms with Crippen molar-refractivity contribution >= 4 is 40.0 Å². The highest BCUT2D eigenvalue weighted by Crippen LogP contribution is 2.37. The summed E-state index contributed by atoms with van der Waals surface area (Å²) in [6, 6.07) is 1.71. The number of aliphatic hydroxyl groups excluding tert-OH is 1. The molecule has 0 bridgehead atoms. The van der Waals surface area contributed by atoms with Crippen LogP contribution in [-0.4, -0.2) is 56.9 Å². The molecule has 0 spiro atoms. The number of aliphatic hydroxyl groups is 1. The second-order valence-corrected chi connectivity index (χ2v) is 10.3. The lowest BCUT2D eigenvalue weighted by Gasteiger charge is -2.24. The number of ether oxygens (including phenoxy) is 2. The molecule has 13 heteroatoms. The SMILES string of the molecule is Cn1c(Nc2cc(C(C)(C)C)n(C3CCOC3O)n2)nc2ncc(Oc3cnn4ccncc34)c(Cl)c21. The summed E-state index contributed by atoms with van der Waals surface area (Å²) in [4.78, 5) is 13.2. The molecule has 0 saturated carbocycles. The van der Waals surface area contributed by atoms with Gasteiger partial charge in [-0.25, -0.2) is 9.50 Å². The molecule has 2 unspecified atom stereocenters. The molecule has 0 radical (unpaired) electrons. The monoisotopic (exact) mass is 523 g/mol. The number of aryl methyl sites for hydroxylation is 1. The van der Waals surface area contributed by atoms with Crippen LogP contribution in [0.15, 0.2) is 37.1 Å². The largest absolute Gasteiger partial charge is 0.450 e. The molecule has 2 atom stereocenters. The Kier molecular flexibility index (Phi) is 5.55. The summed E-state index contributed by atoms with van der Waals surface area (Å²) in [6.45, 7) is 6.80. The highest BCUT2D eigenvalue weighted by atomic mass is 35.5. The molecule has 2 N–H and O–H groups in total. The molecule has 1 aliphatic heterocycles. The maximum absolute atomic E-state index is 10.3. The van der Waals surface area contributed by atoms with Gasteiger partial charge in [-0.1, -0.05) is 32.4 Å². The highest BCUT2D eigenvalue weighted by molar-refractivity contribution is 6.36. The molecule has 1 fully saturated rings. The van der Waals surface area contributed by atoms with Gasteiger partial charge in [0.2, 0.25) is 5.95 Å². The van der Waals surface area contributed by atoms with Crippen LogP contribution in [0.2, 0.25) is 5.02 Å². The van der Waals surface area contributed by atoms with Gasteiger partial charge in [0, 0.05) is 36.6 Å². The first-order chi connectivity index (χ1) is 17.7. The maximum atomic E-state index is 10.3. The van der Waals surface area contributed by atoms with Crippen LogP contribution in [0.25, 0.3) is 16.7 Å². The van der Waals surface area contributed by atoms with Crippen LogP contribution < -0.4 is 10.1 Å². The zero-order valence-electron chi connectivity index (χ0n) is 20.8. The minimum Gasteiger partial charge on any atom is -0.450 e. The van der Waals surface area contributed by atoms with Gasteiger partial charge < -0.3 is 24.5 Å². The summed E-state index contributed by atoms with van der Waals surface area (Å²) in [5.74, 6) is 1.98. The molecular weight excluding hydrogens is 498 g/mol. The molecule has 0 aromatic carbocycles. The maximum Gasteiger partial charge on any atom is 0.210 e. The number of anilines is 2. The van der Waals surface area contributed by atoms with E-state index in [-0.39, 0.29) is 11.5 Å². The van der Waals surface area contributed by atoms with E-state index in [9.17, 15) is 5.11 Å². The van der Waals surface area contributed by atoms with E-state index < -0.39 is 6.29 Å². The number of imidazole rings is 1. The van der Waals surface area contributed by atoms with Gasteiger partial charge in [0.1, 0.15) is 22.1 Å². The van der Waals surface area contributed by atoms with Crippen LogP contribution in [0.3, 0.4) is 0 Å². The fourth-order valence-corrected chi connectivity index (χ4v) is 4.79. The number of pyridine rings is 1. The molecule has 5 aromatic rings. The number of hydrogen-bond acceptors (Lipinski definition) is 9. The van der Waals surface area contributed by atoms with Gasteiger partial charge in [-0.05, 0) is 6.42 Å². The Morgan fingerprint density at radius 1 is 1.22 bits per heavy atom. The van der Waals surface area contributed by atoms with Gasteiger partial charge in [0.15, 0.2) is 29.3 Å². The Hall–Kier alpha value is -3.74. The number of hydrogen-bond donors (Lipinski definition) is 2. The molecule has 0 aliphatic carbocycles. The number of aromatic nitrogens is 8. The van der Waals surface area contributed by atoms with Crippen LogP contribution in [0.1, 0.15) is 38.9 Å². The molecule has 1 saturated heterocycles. The van der Waals surface area contributed by atoms with E-state index in [2.05, 4.69) is 46.1 Å². The van der Waals surface area contributed by atoms with Crippen molar-refractivity contribution in [2.24, 2.45) is 7.05 Å². The fraction of sp³-hybridized carbons (Fsp3) is 0.375. The molecule has 0 amide bonds. The van der Waals surface area contributed by atoms with Crippen LogP contribution >= 0.6 is 11.6 Å². The molecular formula is C24H26ClN9O3. The van der Waals surface area contributed by atoms with E-state index in [1.165, 1.54) is 6.20 Å². The number of fused-ring (bicyclic) bond motifs is 2. The molecule has 192 valence electrons. The second kappa shape index (κ2) is 8.68. The normalized spacial score (nSPS) is 18.2. The Morgan fingerprint density at radius 3 is 2.81 bits per heavy atom.